The molecule has 1 fully saturated rings. The summed E-state index contributed by atoms with van der Waals surface area (Å²) in [5.41, 5.74) is 10.6. The number of carbonyl (C=O) groups excluding carboxylic acids is 1. The Morgan fingerprint density at radius 3 is 2.62 bits per heavy atom. The van der Waals surface area contributed by atoms with E-state index in [1.54, 1.807) is 0 Å². The molecule has 0 saturated carbocycles. The molecule has 1 heterocycles. The third-order valence-electron chi connectivity index (χ3n) is 5.42. The summed E-state index contributed by atoms with van der Waals surface area (Å²) in [5, 5.41) is 3.13. The lowest BCUT2D eigenvalue weighted by molar-refractivity contribution is -0.117. The molecule has 1 saturated heterocycles. The topological polar surface area (TPSA) is 58.4 Å². The lowest BCUT2D eigenvalue weighted by Crippen LogP contribution is -2.32. The van der Waals surface area contributed by atoms with Crippen LogP contribution in [0.15, 0.2) is 48.5 Å². The molecule has 138 valence electrons. The number of rotatable bonds is 6. The standard InChI is InChI=1S/C22H29N3O/c1-3-17-11-7-8-16(2)22(17)24-21(26)15-25-13-19(12-23)20(14-25)18-9-5-4-6-10-18/h4-11,19-20H,3,12-15,23H2,1-2H3,(H,24,26)/t19-,20+/m1/s1. The van der Waals surface area contributed by atoms with Crippen LogP contribution in [-0.2, 0) is 11.2 Å². The predicted molar refractivity (Wildman–Crippen MR) is 107 cm³/mol. The van der Waals surface area contributed by atoms with Gasteiger partial charge in [-0.1, -0.05) is 55.5 Å². The summed E-state index contributed by atoms with van der Waals surface area (Å²) in [4.78, 5) is 14.9. The lowest BCUT2D eigenvalue weighted by atomic mass is 9.89. The van der Waals surface area contributed by atoms with E-state index in [9.17, 15) is 4.79 Å². The first-order valence-corrected chi connectivity index (χ1v) is 9.48. The first kappa shape index (κ1) is 18.6. The van der Waals surface area contributed by atoms with Gasteiger partial charge in [0.1, 0.15) is 0 Å². The number of benzene rings is 2. The molecule has 0 bridgehead atoms. The number of hydrogen-bond donors (Lipinski definition) is 2. The van der Waals surface area contributed by atoms with Crippen molar-refractivity contribution in [2.45, 2.75) is 26.2 Å². The van der Waals surface area contributed by atoms with E-state index in [0.717, 1.165) is 30.8 Å². The van der Waals surface area contributed by atoms with E-state index in [-0.39, 0.29) is 5.91 Å². The minimum absolute atomic E-state index is 0.0542. The number of nitrogens with zero attached hydrogens (tertiary/aromatic N) is 1. The zero-order valence-corrected chi connectivity index (χ0v) is 15.7. The number of nitrogens with two attached hydrogens (primary N) is 1. The van der Waals surface area contributed by atoms with Gasteiger partial charge in [-0.3, -0.25) is 9.69 Å². The third-order valence-corrected chi connectivity index (χ3v) is 5.42. The molecule has 1 amide bonds. The highest BCUT2D eigenvalue weighted by molar-refractivity contribution is 5.93. The van der Waals surface area contributed by atoms with Crippen molar-refractivity contribution in [1.29, 1.82) is 0 Å². The van der Waals surface area contributed by atoms with Crippen LogP contribution in [-0.4, -0.2) is 37.0 Å². The monoisotopic (exact) mass is 351 g/mol. The highest BCUT2D eigenvalue weighted by Crippen LogP contribution is 2.32. The summed E-state index contributed by atoms with van der Waals surface area (Å²) in [6.45, 7) is 6.97. The minimum Gasteiger partial charge on any atom is -0.330 e. The van der Waals surface area contributed by atoms with Gasteiger partial charge in [0.25, 0.3) is 0 Å². The van der Waals surface area contributed by atoms with Crippen molar-refractivity contribution in [1.82, 2.24) is 4.90 Å². The molecule has 4 heteroatoms. The second-order valence-corrected chi connectivity index (χ2v) is 7.22. The first-order valence-electron chi connectivity index (χ1n) is 9.48. The molecule has 2 aromatic rings. The average Bonchev–Trinajstić information content (AvgIpc) is 3.06. The van der Waals surface area contributed by atoms with Crippen molar-refractivity contribution in [3.63, 3.8) is 0 Å². The first-order chi connectivity index (χ1) is 12.6. The second kappa shape index (κ2) is 8.47. The molecule has 0 aliphatic carbocycles. The van der Waals surface area contributed by atoms with E-state index in [0.29, 0.717) is 24.9 Å². The van der Waals surface area contributed by atoms with Gasteiger partial charge < -0.3 is 11.1 Å². The molecule has 26 heavy (non-hydrogen) atoms. The van der Waals surface area contributed by atoms with E-state index in [1.165, 1.54) is 11.1 Å². The highest BCUT2D eigenvalue weighted by Gasteiger charge is 2.33. The van der Waals surface area contributed by atoms with Gasteiger partial charge >= 0.3 is 0 Å². The summed E-state index contributed by atoms with van der Waals surface area (Å²) in [6, 6.07) is 16.7. The van der Waals surface area contributed by atoms with Crippen LogP contribution in [0.3, 0.4) is 0 Å². The van der Waals surface area contributed by atoms with Crippen molar-refractivity contribution in [3.8, 4) is 0 Å². The molecule has 3 rings (SSSR count). The van der Waals surface area contributed by atoms with Crippen LogP contribution in [0.25, 0.3) is 0 Å². The average molecular weight is 351 g/mol. The molecule has 0 unspecified atom stereocenters. The van der Waals surface area contributed by atoms with Gasteiger partial charge in [-0.2, -0.15) is 0 Å². The zero-order valence-electron chi connectivity index (χ0n) is 15.7. The maximum Gasteiger partial charge on any atom is 0.238 e. The van der Waals surface area contributed by atoms with Gasteiger partial charge in [-0.15, -0.1) is 0 Å². The lowest BCUT2D eigenvalue weighted by Gasteiger charge is -2.18. The molecular formula is C22H29N3O. The van der Waals surface area contributed by atoms with E-state index in [1.807, 2.05) is 25.1 Å². The maximum absolute atomic E-state index is 12.6. The molecule has 4 nitrogen and oxygen atoms in total. The van der Waals surface area contributed by atoms with Crippen LogP contribution in [0.5, 0.6) is 0 Å². The summed E-state index contributed by atoms with van der Waals surface area (Å²) >= 11 is 0. The van der Waals surface area contributed by atoms with Crippen LogP contribution in [0.2, 0.25) is 0 Å². The van der Waals surface area contributed by atoms with Gasteiger partial charge in [0, 0.05) is 24.7 Å². The quantitative estimate of drug-likeness (QED) is 0.840. The van der Waals surface area contributed by atoms with Crippen molar-refractivity contribution in [3.05, 3.63) is 65.2 Å². The van der Waals surface area contributed by atoms with Crippen molar-refractivity contribution >= 4 is 11.6 Å². The van der Waals surface area contributed by atoms with E-state index in [2.05, 4.69) is 47.5 Å². The summed E-state index contributed by atoms with van der Waals surface area (Å²) in [5.74, 6) is 0.854. The number of likely N-dealkylation sites (tertiary alicyclic amines) is 1. The Hall–Kier alpha value is -2.17. The van der Waals surface area contributed by atoms with Crippen molar-refractivity contribution in [2.24, 2.45) is 11.7 Å². The van der Waals surface area contributed by atoms with Gasteiger partial charge in [0.15, 0.2) is 0 Å². The number of anilines is 1. The fourth-order valence-electron chi connectivity index (χ4n) is 3.99. The molecule has 2 aromatic carbocycles. The Morgan fingerprint density at radius 1 is 1.15 bits per heavy atom. The van der Waals surface area contributed by atoms with Crippen LogP contribution in [0, 0.1) is 12.8 Å². The molecule has 3 N–H and O–H groups in total. The molecule has 1 aliphatic heterocycles. The van der Waals surface area contributed by atoms with Crippen molar-refractivity contribution < 1.29 is 4.79 Å². The largest absolute Gasteiger partial charge is 0.330 e. The normalized spacial score (nSPS) is 20.3. The second-order valence-electron chi connectivity index (χ2n) is 7.22. The van der Waals surface area contributed by atoms with Crippen molar-refractivity contribution in [2.75, 3.05) is 31.5 Å². The van der Waals surface area contributed by atoms with Gasteiger partial charge in [-0.25, -0.2) is 0 Å². The zero-order chi connectivity index (χ0) is 18.5. The molecule has 0 radical (unpaired) electrons. The smallest absolute Gasteiger partial charge is 0.238 e. The number of hydrogen-bond acceptors (Lipinski definition) is 3. The summed E-state index contributed by atoms with van der Waals surface area (Å²) < 4.78 is 0. The van der Waals surface area contributed by atoms with Crippen LogP contribution >= 0.6 is 0 Å². The van der Waals surface area contributed by atoms with E-state index < -0.39 is 0 Å². The Morgan fingerprint density at radius 2 is 1.92 bits per heavy atom. The Labute approximate surface area is 156 Å². The Bertz CT molecular complexity index is 744. The Balaban J connectivity index is 1.65. The van der Waals surface area contributed by atoms with E-state index in [4.69, 9.17) is 5.73 Å². The third kappa shape index (κ3) is 4.14. The van der Waals surface area contributed by atoms with E-state index >= 15 is 0 Å². The highest BCUT2D eigenvalue weighted by atomic mass is 16.2. The number of amides is 1. The molecule has 0 aromatic heterocycles. The molecule has 2 atom stereocenters. The molecular weight excluding hydrogens is 322 g/mol. The van der Waals surface area contributed by atoms with Gasteiger partial charge in [0.05, 0.1) is 6.54 Å². The van der Waals surface area contributed by atoms with Gasteiger partial charge in [0.2, 0.25) is 5.91 Å². The Kier molecular flexibility index (Phi) is 6.07. The number of carbonyl (C=O) groups is 1. The molecule has 0 spiro atoms. The van der Waals surface area contributed by atoms with Crippen LogP contribution in [0.1, 0.15) is 29.5 Å². The number of para-hydroxylation sites is 1. The summed E-state index contributed by atoms with van der Waals surface area (Å²) in [7, 11) is 0. The van der Waals surface area contributed by atoms with Gasteiger partial charge in [-0.05, 0) is 42.5 Å². The molecule has 1 aliphatic rings. The maximum atomic E-state index is 12.6. The SMILES string of the molecule is CCc1cccc(C)c1NC(=O)CN1C[C@@H](CN)[C@H](c2ccccc2)C1. The van der Waals surface area contributed by atoms with Crippen LogP contribution in [0.4, 0.5) is 5.69 Å². The fourth-order valence-corrected chi connectivity index (χ4v) is 3.99. The number of nitrogens with one attached hydrogen (secondary N) is 1. The predicted octanol–water partition coefficient (Wildman–Crippen LogP) is 3.17. The van der Waals surface area contributed by atoms with Crippen LogP contribution < -0.4 is 11.1 Å². The number of aryl methyl sites for hydroxylation is 2. The summed E-state index contributed by atoms with van der Waals surface area (Å²) in [6.07, 6.45) is 0.909. The minimum atomic E-state index is 0.0542. The fraction of sp³-hybridized carbons (Fsp3) is 0.409.